The number of nitrogens with one attached hydrogen (secondary N) is 3. The number of hydrogen-bond donors (Lipinski definition) is 5. The summed E-state index contributed by atoms with van der Waals surface area (Å²) in [4.78, 5) is 51.6. The van der Waals surface area contributed by atoms with Gasteiger partial charge in [0.05, 0.1) is 12.1 Å². The Morgan fingerprint density at radius 1 is 0.833 bits per heavy atom. The van der Waals surface area contributed by atoms with Gasteiger partial charge in [0, 0.05) is 12.5 Å². The second-order valence-corrected chi connectivity index (χ2v) is 10.5. The topological polar surface area (TPSA) is 171 Å². The molecule has 3 rings (SSSR count). The molecule has 0 aliphatic rings. The zero-order valence-corrected chi connectivity index (χ0v) is 23.8. The lowest BCUT2D eigenvalue weighted by Crippen LogP contribution is -2.56. The third-order valence-electron chi connectivity index (χ3n) is 6.56. The number of amides is 3. The molecule has 11 nitrogen and oxygen atoms in total. The Bertz CT molecular complexity index is 1310. The van der Waals surface area contributed by atoms with Gasteiger partial charge in [0.15, 0.2) is 5.76 Å². The molecule has 0 aliphatic carbocycles. The summed E-state index contributed by atoms with van der Waals surface area (Å²) in [7, 11) is 0. The lowest BCUT2D eigenvalue weighted by Gasteiger charge is -2.25. The summed E-state index contributed by atoms with van der Waals surface area (Å²) in [5, 5.41) is 30.7. The summed E-state index contributed by atoms with van der Waals surface area (Å²) in [6.07, 6.45) is 0.910. The van der Waals surface area contributed by atoms with Crippen LogP contribution in [0.3, 0.4) is 0 Å². The molecule has 3 amide bonds. The quantitative estimate of drug-likeness (QED) is 0.172. The van der Waals surface area contributed by atoms with Gasteiger partial charge in [-0.1, -0.05) is 79.7 Å². The van der Waals surface area contributed by atoms with E-state index >= 15 is 0 Å². The lowest BCUT2D eigenvalue weighted by atomic mass is 10.00. The van der Waals surface area contributed by atoms with E-state index in [1.165, 1.54) is 6.07 Å². The Morgan fingerprint density at radius 2 is 1.43 bits per heavy atom. The highest BCUT2D eigenvalue weighted by atomic mass is 16.5. The number of aryl methyl sites for hydroxylation is 1. The number of aliphatic carboxylic acids is 1. The van der Waals surface area contributed by atoms with Crippen molar-refractivity contribution in [2.24, 2.45) is 5.92 Å². The van der Waals surface area contributed by atoms with Crippen molar-refractivity contribution in [1.82, 2.24) is 21.1 Å². The van der Waals surface area contributed by atoms with Gasteiger partial charge in [-0.05, 0) is 36.3 Å². The van der Waals surface area contributed by atoms with E-state index in [0.29, 0.717) is 12.1 Å². The Morgan fingerprint density at radius 3 is 2.00 bits per heavy atom. The Kier molecular flexibility index (Phi) is 12.2. The minimum atomic E-state index is -1.19. The molecule has 11 heteroatoms. The minimum Gasteiger partial charge on any atom is -0.480 e. The molecule has 5 N–H and O–H groups in total. The van der Waals surface area contributed by atoms with E-state index in [9.17, 15) is 29.4 Å². The van der Waals surface area contributed by atoms with E-state index in [1.54, 1.807) is 24.3 Å². The largest absolute Gasteiger partial charge is 0.480 e. The number of aliphatic hydroxyl groups is 1. The summed E-state index contributed by atoms with van der Waals surface area (Å²) in [5.74, 6) is -2.64. The second-order valence-electron chi connectivity index (χ2n) is 10.5. The molecule has 3 atom stereocenters. The maximum atomic E-state index is 13.5. The van der Waals surface area contributed by atoms with Crippen molar-refractivity contribution in [1.29, 1.82) is 0 Å². The van der Waals surface area contributed by atoms with Crippen molar-refractivity contribution >= 4 is 23.7 Å². The van der Waals surface area contributed by atoms with Crippen LogP contribution in [0.15, 0.2) is 71.3 Å². The lowest BCUT2D eigenvalue weighted by molar-refractivity contribution is -0.142. The van der Waals surface area contributed by atoms with Crippen LogP contribution < -0.4 is 16.0 Å². The molecule has 0 spiro atoms. The molecule has 1 heterocycles. The Labute approximate surface area is 244 Å². The molecule has 0 saturated heterocycles. The van der Waals surface area contributed by atoms with Gasteiger partial charge < -0.3 is 30.7 Å². The standard InChI is InChI=1S/C31H38N4O7/c1-20(2)15-26(30(39)34-27(31(40)41)16-22-11-7-4-8-12-22)33-29(38)25(14-13-21-9-5-3-6-10-21)32-28(37)18-23-17-24(19-36)42-35-23/h3-12,17,20,25-27,36H,13-16,18-19H2,1-2H3,(H,32,37)(H,33,38)(H,34,39)(H,40,41). The maximum absolute atomic E-state index is 13.5. The van der Waals surface area contributed by atoms with E-state index in [2.05, 4.69) is 21.1 Å². The Hall–Kier alpha value is -4.51. The van der Waals surface area contributed by atoms with Crippen molar-refractivity contribution in [2.75, 3.05) is 0 Å². The molecular weight excluding hydrogens is 540 g/mol. The maximum Gasteiger partial charge on any atom is 0.326 e. The summed E-state index contributed by atoms with van der Waals surface area (Å²) < 4.78 is 4.93. The molecule has 3 unspecified atom stereocenters. The molecule has 0 fully saturated rings. The molecule has 224 valence electrons. The van der Waals surface area contributed by atoms with Gasteiger partial charge >= 0.3 is 5.97 Å². The molecule has 0 aliphatic heterocycles. The highest BCUT2D eigenvalue weighted by molar-refractivity contribution is 5.93. The number of carbonyl (C=O) groups is 4. The normalized spacial score (nSPS) is 13.1. The van der Waals surface area contributed by atoms with Gasteiger partial charge in [-0.15, -0.1) is 0 Å². The number of nitrogens with zero attached hydrogens (tertiary/aromatic N) is 1. The molecule has 42 heavy (non-hydrogen) atoms. The van der Waals surface area contributed by atoms with Crippen LogP contribution >= 0.6 is 0 Å². The highest BCUT2D eigenvalue weighted by Crippen LogP contribution is 2.11. The van der Waals surface area contributed by atoms with E-state index in [0.717, 1.165) is 11.1 Å². The number of carboxylic acids is 1. The van der Waals surface area contributed by atoms with Gasteiger partial charge in [0.2, 0.25) is 17.7 Å². The van der Waals surface area contributed by atoms with Crippen LogP contribution in [-0.4, -0.2) is 57.2 Å². The van der Waals surface area contributed by atoms with Crippen LogP contribution in [0.5, 0.6) is 0 Å². The van der Waals surface area contributed by atoms with E-state index < -0.39 is 41.8 Å². The molecule has 2 aromatic carbocycles. The smallest absolute Gasteiger partial charge is 0.326 e. The average Bonchev–Trinajstić information content (AvgIpc) is 3.42. The molecule has 3 aromatic rings. The molecular formula is C31H38N4O7. The predicted octanol–water partition coefficient (Wildman–Crippen LogP) is 2.17. The van der Waals surface area contributed by atoms with Crippen LogP contribution in [-0.2, 0) is 45.0 Å². The molecule has 0 bridgehead atoms. The summed E-state index contributed by atoms with van der Waals surface area (Å²) in [5.41, 5.74) is 2.01. The van der Waals surface area contributed by atoms with Crippen LogP contribution in [0.25, 0.3) is 0 Å². The van der Waals surface area contributed by atoms with Crippen LogP contribution in [0.4, 0.5) is 0 Å². The number of aromatic nitrogens is 1. The fourth-order valence-electron chi connectivity index (χ4n) is 4.45. The summed E-state index contributed by atoms with van der Waals surface area (Å²) >= 11 is 0. The zero-order chi connectivity index (χ0) is 30.5. The SMILES string of the molecule is CC(C)CC(NC(=O)C(CCc1ccccc1)NC(=O)Cc1cc(CO)on1)C(=O)NC(Cc1ccccc1)C(=O)O. The first kappa shape index (κ1) is 32.0. The first-order valence-electron chi connectivity index (χ1n) is 13.9. The van der Waals surface area contributed by atoms with E-state index in [1.807, 2.05) is 50.2 Å². The van der Waals surface area contributed by atoms with E-state index in [4.69, 9.17) is 4.52 Å². The molecule has 1 aromatic heterocycles. The number of carboxylic acid groups (broad SMARTS) is 1. The van der Waals surface area contributed by atoms with Gasteiger partial charge in [0.25, 0.3) is 0 Å². The van der Waals surface area contributed by atoms with Crippen molar-refractivity contribution in [3.63, 3.8) is 0 Å². The van der Waals surface area contributed by atoms with Crippen LogP contribution in [0.1, 0.15) is 49.3 Å². The molecule has 0 radical (unpaired) electrons. The molecule has 0 saturated carbocycles. The van der Waals surface area contributed by atoms with Gasteiger partial charge in [-0.2, -0.15) is 0 Å². The van der Waals surface area contributed by atoms with E-state index in [-0.39, 0.29) is 44.0 Å². The van der Waals surface area contributed by atoms with Gasteiger partial charge in [-0.25, -0.2) is 4.79 Å². The number of benzene rings is 2. The number of hydrogen-bond acceptors (Lipinski definition) is 7. The number of carbonyl (C=O) groups excluding carboxylic acids is 3. The fraction of sp³-hybridized carbons (Fsp3) is 0.387. The summed E-state index contributed by atoms with van der Waals surface area (Å²) in [6, 6.07) is 16.7. The van der Waals surface area contributed by atoms with Crippen molar-refractivity contribution < 1.29 is 33.9 Å². The third-order valence-corrected chi connectivity index (χ3v) is 6.56. The first-order valence-corrected chi connectivity index (χ1v) is 13.9. The van der Waals surface area contributed by atoms with Crippen LogP contribution in [0, 0.1) is 5.92 Å². The Balaban J connectivity index is 1.73. The first-order chi connectivity index (χ1) is 20.1. The van der Waals surface area contributed by atoms with Crippen molar-refractivity contribution in [2.45, 2.75) is 70.7 Å². The van der Waals surface area contributed by atoms with Crippen molar-refractivity contribution in [3.05, 3.63) is 89.3 Å². The third kappa shape index (κ3) is 10.5. The van der Waals surface area contributed by atoms with Crippen molar-refractivity contribution in [3.8, 4) is 0 Å². The average molecular weight is 579 g/mol. The highest BCUT2D eigenvalue weighted by Gasteiger charge is 2.30. The van der Waals surface area contributed by atoms with Crippen LogP contribution in [0.2, 0.25) is 0 Å². The minimum absolute atomic E-state index is 0.00342. The summed E-state index contributed by atoms with van der Waals surface area (Å²) in [6.45, 7) is 3.42. The zero-order valence-electron chi connectivity index (χ0n) is 23.8. The van der Waals surface area contributed by atoms with Gasteiger partial charge in [-0.3, -0.25) is 14.4 Å². The monoisotopic (exact) mass is 578 g/mol. The predicted molar refractivity (Wildman–Crippen MR) is 154 cm³/mol. The fourth-order valence-corrected chi connectivity index (χ4v) is 4.45. The second kappa shape index (κ2) is 16.1. The number of aliphatic hydroxyl groups excluding tert-OH is 1. The van der Waals surface area contributed by atoms with Gasteiger partial charge in [0.1, 0.15) is 24.7 Å². The number of rotatable bonds is 16.